The summed E-state index contributed by atoms with van der Waals surface area (Å²) in [5.41, 5.74) is 0. The monoisotopic (exact) mass is 1730 g/mol. The molecular weight excluding hydrogens is 1670 g/mol. The topological polar surface area (TPSA) is 0 Å². The van der Waals surface area contributed by atoms with Gasteiger partial charge in [-0.1, -0.05) is 17.9 Å². The van der Waals surface area contributed by atoms with Gasteiger partial charge in [-0.15, -0.1) is 232 Å². The zero-order valence-electron chi connectivity index (χ0n) is 27.6. The van der Waals surface area contributed by atoms with Gasteiger partial charge in [0.15, 0.2) is 0 Å². The fraction of sp³-hybridized carbons (Fsp3) is 0. The van der Waals surface area contributed by atoms with E-state index in [0.717, 1.165) is 0 Å². The van der Waals surface area contributed by atoms with Crippen molar-refractivity contribution in [3.8, 4) is 0 Å². The van der Waals surface area contributed by atoms with Crippen LogP contribution < -0.4 is 0 Å². The molecule has 0 aromatic heterocycles. The fourth-order valence-corrected chi connectivity index (χ4v) is 771. The van der Waals surface area contributed by atoms with Gasteiger partial charge in [-0.05, 0) is 182 Å². The zero-order valence-corrected chi connectivity index (χ0v) is 82.9. The van der Waals surface area contributed by atoms with E-state index in [9.17, 15) is 0 Å². The molecule has 54 heavy (non-hydrogen) atoms. The Bertz CT molecular complexity index is 793. The van der Waals surface area contributed by atoms with Crippen molar-refractivity contribution in [2.45, 2.75) is 0 Å². The summed E-state index contributed by atoms with van der Waals surface area (Å²) in [6.45, 7) is -5.83. The van der Waals surface area contributed by atoms with Crippen molar-refractivity contribution in [1.82, 2.24) is 0 Å². The largest absolute Gasteiger partial charge is 0.102 e. The van der Waals surface area contributed by atoms with Crippen LogP contribution in [0.3, 0.4) is 0 Å². The predicted molar refractivity (Wildman–Crippen MR) is 449 cm³/mol. The Morgan fingerprint density at radius 3 is 0.352 bits per heavy atom. The van der Waals surface area contributed by atoms with E-state index in [1.54, 1.807) is 0 Å². The second kappa shape index (κ2) is 42.1. The summed E-state index contributed by atoms with van der Waals surface area (Å²) >= 11 is 0. The van der Waals surface area contributed by atoms with E-state index in [0.29, 0.717) is 0 Å². The number of rotatable bonds is 25. The molecule has 0 nitrogen and oxygen atoms in total. The van der Waals surface area contributed by atoms with Crippen molar-refractivity contribution in [1.29, 1.82) is 0 Å². The maximum absolute atomic E-state index is 4.52. The van der Waals surface area contributed by atoms with Crippen LogP contribution in [0.4, 0.5) is 0 Å². The first-order valence-corrected chi connectivity index (χ1v) is 109. The second-order valence-electron chi connectivity index (χ2n) is 8.47. The van der Waals surface area contributed by atoms with Crippen LogP contribution >= 0.6 is 432 Å². The van der Waals surface area contributed by atoms with Gasteiger partial charge in [-0.3, -0.25) is 0 Å². The molecule has 0 aromatic rings. The minimum atomic E-state index is -0.427. The van der Waals surface area contributed by atoms with Crippen LogP contribution in [0.5, 0.6) is 0 Å². The third-order valence-corrected chi connectivity index (χ3v) is 375. The van der Waals surface area contributed by atoms with Gasteiger partial charge in [0.1, 0.15) is 0 Å². The Morgan fingerprint density at radius 2 is 0.241 bits per heavy atom. The minimum Gasteiger partial charge on any atom is -0.102 e. The van der Waals surface area contributed by atoms with Crippen molar-refractivity contribution in [2.24, 2.45) is 0 Å². The predicted octanol–water partition coefficient (Wildman–Crippen LogP) is 32.0. The zero-order chi connectivity index (χ0) is 43.0. The van der Waals surface area contributed by atoms with E-state index >= 15 is 0 Å². The summed E-state index contributed by atoms with van der Waals surface area (Å²) in [6, 6.07) is 0. The van der Waals surface area contributed by atoms with Crippen LogP contribution in [0, 0.1) is 0 Å². The Hall–Kier alpha value is 23.2. The van der Waals surface area contributed by atoms with Gasteiger partial charge in [0, 0.05) is 0 Å². The van der Waals surface area contributed by atoms with Crippen molar-refractivity contribution in [2.75, 3.05) is 0 Å². The Balaban J connectivity index is 9.98. The molecule has 0 N–H and O–H groups in total. The minimum absolute atomic E-state index is 0.167. The van der Waals surface area contributed by atoms with Crippen molar-refractivity contribution < 1.29 is 0 Å². The molecule has 0 rings (SSSR count). The van der Waals surface area contributed by atoms with E-state index in [4.69, 9.17) is 0 Å². The van der Waals surface area contributed by atoms with Gasteiger partial charge >= 0.3 is 0 Å². The van der Waals surface area contributed by atoms with Crippen molar-refractivity contribution >= 4 is 432 Å². The number of hydrogen-bond donors (Lipinski definition) is 0. The normalized spacial score (nSPS) is 15.1. The molecule has 0 fully saturated rings. The lowest BCUT2D eigenvalue weighted by Crippen LogP contribution is -1.71. The van der Waals surface area contributed by atoms with Crippen LogP contribution in [-0.2, 0) is 0 Å². The van der Waals surface area contributed by atoms with E-state index < -0.39 is 6.99 Å². The second-order valence-corrected chi connectivity index (χ2v) is 229. The molecule has 0 saturated heterocycles. The van der Waals surface area contributed by atoms with Gasteiger partial charge < -0.3 is 0 Å². The van der Waals surface area contributed by atoms with Gasteiger partial charge in [-0.25, -0.2) is 0 Å². The third-order valence-electron chi connectivity index (χ3n) is 4.62. The lowest BCUT2D eigenvalue weighted by molar-refractivity contribution is 4.34. The highest BCUT2D eigenvalue weighted by Crippen LogP contribution is 3.47. The Morgan fingerprint density at radius 1 is 0.148 bits per heavy atom. The highest BCUT2D eigenvalue weighted by molar-refractivity contribution is 9.53. The first kappa shape index (κ1) is 77.2. The molecule has 0 saturated carbocycles. The average molecular weight is 1730 g/mol. The average Bonchev–Trinajstić information content (AvgIpc) is 2.93. The van der Waals surface area contributed by atoms with Gasteiger partial charge in [-0.2, -0.15) is 0 Å². The van der Waals surface area contributed by atoms with Crippen LogP contribution in [0.2, 0.25) is 0 Å². The van der Waals surface area contributed by atoms with Gasteiger partial charge in [0.25, 0.3) is 0 Å². The van der Waals surface area contributed by atoms with Gasteiger partial charge in [0.2, 0.25) is 0 Å². The first-order chi connectivity index (χ1) is 24.5. The Kier molecular flexibility index (Phi) is 60.2. The summed E-state index contributed by atoms with van der Waals surface area (Å²) in [5.74, 6) is 0. The molecule has 0 bridgehead atoms. The summed E-state index contributed by atoms with van der Waals surface area (Å²) in [7, 11) is 100.0. The van der Waals surface area contributed by atoms with E-state index in [2.05, 4.69) is 250 Å². The molecule has 29 atom stereocenters. The summed E-state index contributed by atoms with van der Waals surface area (Å²) in [4.78, 5) is 0. The standard InChI is InChI=1S/H54P54/c1-29(2)43(30(3)4)50(44(31(5)6)32(7)8)53(49(41(25)26)42(27)28)54(51(45(33(9)10)34(11)12)46(35(13)14)36(15)16)52(47(37(17)18)38(19)20)48(39(21)22)40(23)24/h1-2H,3-28H2. The van der Waals surface area contributed by atoms with Gasteiger partial charge in [0.05, 0.1) is 0 Å². The maximum atomic E-state index is 4.52. The van der Waals surface area contributed by atoms with Crippen molar-refractivity contribution in [3.63, 3.8) is 0 Å². The molecule has 0 aromatic carbocycles. The smallest absolute Gasteiger partial charge is 0.0000133 e. The SMILES string of the molecule is [PH]P([PH])P(P(P)P)P(P(P(P)P)P(P)P)P(P(P(P)P)P(P)P)P(P(P(P(P)P)P(P)P)P(P(P)P)P(P)P)P(P(P(P)P)P(P)P)P(P(P)P)P(P)P. The van der Waals surface area contributed by atoms with Crippen LogP contribution in [0.1, 0.15) is 0 Å². The molecule has 0 spiro atoms. The maximum Gasteiger partial charge on any atom is -0.0000133 e. The summed E-state index contributed by atoms with van der Waals surface area (Å²) < 4.78 is 0. The highest BCUT2D eigenvalue weighted by Gasteiger charge is 2.59. The molecule has 0 aliphatic rings. The molecule has 0 aliphatic heterocycles. The van der Waals surface area contributed by atoms with E-state index in [1.165, 1.54) is 0 Å². The molecular formula is H54P54. The molecule has 29 unspecified atom stereocenters. The molecule has 324 valence electrons. The Labute approximate surface area is 425 Å². The molecule has 0 aliphatic carbocycles. The molecule has 54 heteroatoms. The van der Waals surface area contributed by atoms with E-state index in [1.807, 2.05) is 0 Å². The molecule has 0 heterocycles. The quantitative estimate of drug-likeness (QED) is 0.0799. The summed E-state index contributed by atoms with van der Waals surface area (Å²) in [5, 5.41) is 0. The third kappa shape index (κ3) is 27.3. The van der Waals surface area contributed by atoms with Crippen LogP contribution in [0.25, 0.3) is 0 Å². The van der Waals surface area contributed by atoms with Crippen LogP contribution in [-0.4, -0.2) is 0 Å². The molecule has 0 amide bonds. The van der Waals surface area contributed by atoms with Crippen molar-refractivity contribution in [3.05, 3.63) is 0 Å². The van der Waals surface area contributed by atoms with Crippen LogP contribution in [0.15, 0.2) is 0 Å². The molecule has 2 radical (unpaired) electrons. The lowest BCUT2D eigenvalue weighted by Gasteiger charge is -2.59. The highest BCUT2D eigenvalue weighted by atomic mass is 33.6. The first-order valence-electron chi connectivity index (χ1n) is 12.2. The number of hydrogen-bond acceptors (Lipinski definition) is 0. The summed E-state index contributed by atoms with van der Waals surface area (Å²) in [6.07, 6.45) is 0. The fourth-order valence-electron chi connectivity index (χ4n) is 3.17. The van der Waals surface area contributed by atoms with E-state index in [-0.39, 0.29) is 175 Å². The lowest BCUT2D eigenvalue weighted by atomic mass is 28.4.